The minimum atomic E-state index is -0.492. The van der Waals surface area contributed by atoms with Crippen molar-refractivity contribution in [2.24, 2.45) is 0 Å². The molecule has 0 radical (unpaired) electrons. The van der Waals surface area contributed by atoms with E-state index in [0.717, 1.165) is 0 Å². The Kier molecular flexibility index (Phi) is 4.52. The number of halogens is 1. The number of pyridine rings is 1. The Balaban J connectivity index is 3.30. The van der Waals surface area contributed by atoms with Crippen molar-refractivity contribution in [3.05, 3.63) is 34.6 Å². The van der Waals surface area contributed by atoms with Gasteiger partial charge in [0, 0.05) is 0 Å². The summed E-state index contributed by atoms with van der Waals surface area (Å²) >= 11 is 5.92. The Labute approximate surface area is 105 Å². The maximum Gasteiger partial charge on any atom is 0.340 e. The number of ether oxygens (including phenoxy) is 2. The van der Waals surface area contributed by atoms with Crippen molar-refractivity contribution in [3.8, 4) is 0 Å². The molecular weight excluding hydrogens is 242 g/mol. The van der Waals surface area contributed by atoms with Gasteiger partial charge in [-0.2, -0.15) is 0 Å². The van der Waals surface area contributed by atoms with Gasteiger partial charge in [-0.05, 0) is 25.5 Å². The third-order valence-electron chi connectivity index (χ3n) is 2.14. The fourth-order valence-corrected chi connectivity index (χ4v) is 1.45. The number of nitrogens with zero attached hydrogens (tertiary/aromatic N) is 1. The van der Waals surface area contributed by atoms with E-state index < -0.39 is 5.97 Å². The molecule has 0 spiro atoms. The minimum absolute atomic E-state index is 0.299. The molecule has 0 unspecified atom stereocenters. The maximum absolute atomic E-state index is 11.6. The van der Waals surface area contributed by atoms with E-state index in [4.69, 9.17) is 16.3 Å². The third-order valence-corrected chi connectivity index (χ3v) is 2.52. The highest BCUT2D eigenvalue weighted by molar-refractivity contribution is 6.30. The van der Waals surface area contributed by atoms with Crippen LogP contribution in [0.1, 0.15) is 28.5 Å². The van der Waals surface area contributed by atoms with Crippen molar-refractivity contribution in [3.63, 3.8) is 0 Å². The molecule has 0 aliphatic rings. The van der Waals surface area contributed by atoms with E-state index in [1.54, 1.807) is 13.0 Å². The molecule has 0 aliphatic carbocycles. The zero-order valence-electron chi connectivity index (χ0n) is 10.0. The van der Waals surface area contributed by atoms with Crippen LogP contribution in [0.3, 0.4) is 0 Å². The van der Waals surface area contributed by atoms with Gasteiger partial charge in [0.1, 0.15) is 16.6 Å². The van der Waals surface area contributed by atoms with Crippen LogP contribution in [0.25, 0.3) is 5.76 Å². The number of hydrogen-bond acceptors (Lipinski definition) is 4. The van der Waals surface area contributed by atoms with E-state index >= 15 is 0 Å². The molecule has 0 bridgehead atoms. The van der Waals surface area contributed by atoms with Crippen LogP contribution in [0, 0.1) is 6.92 Å². The van der Waals surface area contributed by atoms with Crippen molar-refractivity contribution in [2.45, 2.75) is 13.8 Å². The average Bonchev–Trinajstić information content (AvgIpc) is 2.31. The van der Waals surface area contributed by atoms with E-state index in [1.807, 2.05) is 6.92 Å². The average molecular weight is 256 g/mol. The number of methoxy groups -OCH3 is 1. The number of rotatable bonds is 4. The smallest absolute Gasteiger partial charge is 0.340 e. The van der Waals surface area contributed by atoms with Crippen molar-refractivity contribution in [1.82, 2.24) is 4.98 Å². The molecule has 1 heterocycles. The first-order valence-electron chi connectivity index (χ1n) is 5.08. The van der Waals surface area contributed by atoms with Gasteiger partial charge in [-0.3, -0.25) is 0 Å². The fourth-order valence-electron chi connectivity index (χ4n) is 1.31. The quantitative estimate of drug-likeness (QED) is 0.472. The number of hydrogen-bond donors (Lipinski definition) is 0. The second kappa shape index (κ2) is 5.68. The minimum Gasteiger partial charge on any atom is -0.492 e. The van der Waals surface area contributed by atoms with Gasteiger partial charge < -0.3 is 9.47 Å². The van der Waals surface area contributed by atoms with Crippen LogP contribution in [0.2, 0.25) is 5.15 Å². The lowest BCUT2D eigenvalue weighted by molar-refractivity contribution is 0.0599. The van der Waals surface area contributed by atoms with Gasteiger partial charge >= 0.3 is 5.97 Å². The topological polar surface area (TPSA) is 48.4 Å². The van der Waals surface area contributed by atoms with E-state index in [-0.39, 0.29) is 0 Å². The van der Waals surface area contributed by atoms with Crippen LogP contribution in [0.5, 0.6) is 0 Å². The lowest BCUT2D eigenvalue weighted by Gasteiger charge is -2.11. The summed E-state index contributed by atoms with van der Waals surface area (Å²) in [6.45, 7) is 7.73. The Bertz CT molecular complexity index is 457. The molecule has 0 N–H and O–H groups in total. The van der Waals surface area contributed by atoms with Gasteiger partial charge in [-0.15, -0.1) is 0 Å². The second-order valence-electron chi connectivity index (χ2n) is 3.34. The lowest BCUT2D eigenvalue weighted by atomic mass is 10.1. The highest BCUT2D eigenvalue weighted by Crippen LogP contribution is 2.23. The molecule has 0 aliphatic heterocycles. The molecule has 0 aromatic carbocycles. The molecule has 5 heteroatoms. The zero-order chi connectivity index (χ0) is 13.0. The summed E-state index contributed by atoms with van der Waals surface area (Å²) in [5.41, 5.74) is 1.31. The predicted octanol–water partition coefficient (Wildman–Crippen LogP) is 2.84. The first-order valence-corrected chi connectivity index (χ1v) is 5.46. The van der Waals surface area contributed by atoms with Crippen LogP contribution in [-0.4, -0.2) is 24.7 Å². The summed E-state index contributed by atoms with van der Waals surface area (Å²) in [4.78, 5) is 15.7. The Hall–Kier alpha value is -1.55. The van der Waals surface area contributed by atoms with Crippen molar-refractivity contribution in [2.75, 3.05) is 13.7 Å². The zero-order valence-corrected chi connectivity index (χ0v) is 10.8. The maximum atomic E-state index is 11.6. The van der Waals surface area contributed by atoms with Crippen LogP contribution < -0.4 is 0 Å². The normalized spacial score (nSPS) is 9.88. The molecule has 0 fully saturated rings. The molecule has 0 atom stereocenters. The molecule has 17 heavy (non-hydrogen) atoms. The van der Waals surface area contributed by atoms with Crippen molar-refractivity contribution < 1.29 is 14.3 Å². The van der Waals surface area contributed by atoms with Gasteiger partial charge in [0.25, 0.3) is 0 Å². The summed E-state index contributed by atoms with van der Waals surface area (Å²) in [7, 11) is 1.31. The Morgan fingerprint density at radius 1 is 1.59 bits per heavy atom. The largest absolute Gasteiger partial charge is 0.492 e. The summed E-state index contributed by atoms with van der Waals surface area (Å²) in [5, 5.41) is 0.313. The van der Waals surface area contributed by atoms with Crippen LogP contribution in [0.4, 0.5) is 0 Å². The number of aromatic nitrogens is 1. The Morgan fingerprint density at radius 2 is 2.24 bits per heavy atom. The van der Waals surface area contributed by atoms with E-state index in [0.29, 0.717) is 34.3 Å². The molecule has 4 nitrogen and oxygen atoms in total. The number of carbonyl (C=O) groups is 1. The summed E-state index contributed by atoms with van der Waals surface area (Å²) in [6, 6.07) is 1.61. The van der Waals surface area contributed by atoms with Crippen LogP contribution in [0.15, 0.2) is 12.6 Å². The van der Waals surface area contributed by atoms with Gasteiger partial charge in [0.2, 0.25) is 0 Å². The molecule has 0 amide bonds. The number of aryl methyl sites for hydroxylation is 1. The summed E-state index contributed by atoms with van der Waals surface area (Å²) in [6.07, 6.45) is 0. The van der Waals surface area contributed by atoms with Gasteiger partial charge in [-0.1, -0.05) is 18.2 Å². The number of carbonyl (C=O) groups excluding carboxylic acids is 1. The fraction of sp³-hybridized carbons (Fsp3) is 0.333. The van der Waals surface area contributed by atoms with E-state index in [1.165, 1.54) is 7.11 Å². The van der Waals surface area contributed by atoms with Crippen molar-refractivity contribution in [1.29, 1.82) is 0 Å². The standard InChI is InChI=1S/C12H14ClNO3/c1-5-17-8(3)10-9(12(15)16-4)6-7(2)11(13)14-10/h6H,3,5H2,1-2,4H3. The molecule has 1 rings (SSSR count). The molecular formula is C12H14ClNO3. The summed E-state index contributed by atoms with van der Waals surface area (Å²) in [5.74, 6) is -0.192. The van der Waals surface area contributed by atoms with Gasteiger partial charge in [0.15, 0.2) is 0 Å². The molecule has 0 saturated heterocycles. The monoisotopic (exact) mass is 255 g/mol. The predicted molar refractivity (Wildman–Crippen MR) is 66.0 cm³/mol. The Morgan fingerprint density at radius 3 is 2.76 bits per heavy atom. The highest BCUT2D eigenvalue weighted by Gasteiger charge is 2.18. The van der Waals surface area contributed by atoms with E-state index in [2.05, 4.69) is 16.3 Å². The lowest BCUT2D eigenvalue weighted by Crippen LogP contribution is -2.09. The van der Waals surface area contributed by atoms with Crippen molar-refractivity contribution >= 4 is 23.3 Å². The van der Waals surface area contributed by atoms with E-state index in [9.17, 15) is 4.79 Å². The molecule has 0 saturated carbocycles. The third kappa shape index (κ3) is 2.97. The van der Waals surface area contributed by atoms with Crippen LogP contribution >= 0.6 is 11.6 Å². The first-order chi connectivity index (χ1) is 8.01. The number of esters is 1. The van der Waals surface area contributed by atoms with Crippen LogP contribution in [-0.2, 0) is 9.47 Å². The molecule has 92 valence electrons. The molecule has 1 aromatic heterocycles. The SMILES string of the molecule is C=C(OCC)c1nc(Cl)c(C)cc1C(=O)OC. The highest BCUT2D eigenvalue weighted by atomic mass is 35.5. The van der Waals surface area contributed by atoms with Gasteiger partial charge in [-0.25, -0.2) is 9.78 Å². The summed E-state index contributed by atoms with van der Waals surface area (Å²) < 4.78 is 9.92. The molecule has 1 aromatic rings. The van der Waals surface area contributed by atoms with Gasteiger partial charge in [0.05, 0.1) is 19.3 Å². The second-order valence-corrected chi connectivity index (χ2v) is 3.70. The first kappa shape index (κ1) is 13.5.